The smallest absolute Gasteiger partial charge is 0.314 e. The number of nitrogens with zero attached hydrogens (tertiary/aromatic N) is 4. The molecule has 1 aliphatic carbocycles. The molecule has 0 saturated heterocycles. The predicted octanol–water partition coefficient (Wildman–Crippen LogP) is 9.91. The molecule has 0 spiro atoms. The average Bonchev–Trinajstić information content (AvgIpc) is 3.40. The molecule has 16 heteroatoms. The molecule has 1 saturated carbocycles. The maximum atomic E-state index is 13.7. The number of pyridine rings is 2. The molecule has 0 aliphatic heterocycles. The Balaban J connectivity index is 0.000000255. The van der Waals surface area contributed by atoms with Gasteiger partial charge in [0.2, 0.25) is 0 Å². The first-order valence-electron chi connectivity index (χ1n) is 26.1. The lowest BCUT2D eigenvalue weighted by Crippen LogP contribution is -2.31. The van der Waals surface area contributed by atoms with E-state index in [0.29, 0.717) is 31.2 Å². The van der Waals surface area contributed by atoms with Gasteiger partial charge in [-0.15, -0.1) is 0 Å². The van der Waals surface area contributed by atoms with Crippen molar-refractivity contribution in [2.45, 2.75) is 116 Å². The third-order valence-corrected chi connectivity index (χ3v) is 12.9. The lowest BCUT2D eigenvalue weighted by atomic mass is 9.82. The SMILES string of the molecule is COCc1c(C(C)C)nc(C(C)C)c(/C=C/[C@@H](O)C[C@@H](O)CC(=O)O)c1-c1ccc(F)cc1.COc1ccc(CN(CCN(C)C)c2ccccn2)cc1.NC[C@H]1CC[C@H](C(=O)Oc2ccc(CCC(=O)O)cc2)CC1. The number of carbonyl (C=O) groups excluding carboxylic acids is 1. The molecule has 3 aromatic carbocycles. The summed E-state index contributed by atoms with van der Waals surface area (Å²) in [7, 11) is 7.47. The van der Waals surface area contributed by atoms with Crippen molar-refractivity contribution in [3.05, 3.63) is 143 Å². The molecule has 6 rings (SSSR count). The van der Waals surface area contributed by atoms with Gasteiger partial charge in [-0.1, -0.05) is 82.3 Å². The maximum absolute atomic E-state index is 13.7. The normalized spacial score (nSPS) is 15.1. The molecule has 412 valence electrons. The summed E-state index contributed by atoms with van der Waals surface area (Å²) >= 11 is 0. The lowest BCUT2D eigenvalue weighted by molar-refractivity contribution is -0.141. The van der Waals surface area contributed by atoms with Crippen LogP contribution in [-0.2, 0) is 38.7 Å². The number of anilines is 1. The number of aliphatic hydroxyl groups excluding tert-OH is 2. The van der Waals surface area contributed by atoms with Gasteiger partial charge in [-0.05, 0) is 141 Å². The first-order valence-corrected chi connectivity index (χ1v) is 26.1. The van der Waals surface area contributed by atoms with Crippen LogP contribution < -0.4 is 20.1 Å². The summed E-state index contributed by atoms with van der Waals surface area (Å²) in [4.78, 5) is 47.4. The molecule has 0 bridgehead atoms. The number of nitrogens with two attached hydrogens (primary N) is 1. The lowest BCUT2D eigenvalue weighted by Gasteiger charge is -2.26. The Morgan fingerprint density at radius 2 is 1.43 bits per heavy atom. The van der Waals surface area contributed by atoms with Crippen molar-refractivity contribution >= 4 is 29.8 Å². The van der Waals surface area contributed by atoms with E-state index in [2.05, 4.69) is 60.9 Å². The van der Waals surface area contributed by atoms with Crippen molar-refractivity contribution < 1.29 is 53.4 Å². The van der Waals surface area contributed by atoms with E-state index in [1.54, 1.807) is 56.7 Å². The molecule has 6 N–H and O–H groups in total. The highest BCUT2D eigenvalue weighted by Crippen LogP contribution is 2.38. The average molecular weight is 1050 g/mol. The molecule has 1 aliphatic rings. The van der Waals surface area contributed by atoms with E-state index < -0.39 is 30.6 Å². The number of rotatable bonds is 24. The number of ether oxygens (including phenoxy) is 3. The number of hydrogen-bond donors (Lipinski definition) is 5. The Hall–Kier alpha value is -6.56. The second-order valence-electron chi connectivity index (χ2n) is 20.0. The molecule has 0 amide bonds. The number of methoxy groups -OCH3 is 2. The van der Waals surface area contributed by atoms with Crippen LogP contribution in [0, 0.1) is 17.7 Å². The predicted molar refractivity (Wildman–Crippen MR) is 296 cm³/mol. The van der Waals surface area contributed by atoms with Crippen LogP contribution in [-0.4, -0.2) is 113 Å². The van der Waals surface area contributed by atoms with Crippen molar-refractivity contribution in [3.63, 3.8) is 0 Å². The third kappa shape index (κ3) is 20.9. The minimum absolute atomic E-state index is 0.0329. The first kappa shape index (κ1) is 62.0. The Labute approximate surface area is 448 Å². The summed E-state index contributed by atoms with van der Waals surface area (Å²) in [5.41, 5.74) is 12.9. The number of carboxylic acid groups (broad SMARTS) is 2. The van der Waals surface area contributed by atoms with Crippen molar-refractivity contribution in [2.24, 2.45) is 17.6 Å². The number of aliphatic hydroxyl groups is 2. The van der Waals surface area contributed by atoms with E-state index in [1.807, 2.05) is 44.3 Å². The standard InChI is InChI=1S/C26H34FNO5.C17H23N3O.C17H23NO4/c1-15(2)25-21(11-10-19(29)12-20(30)13-23(31)32)24(17-6-8-18(27)9-7-17)22(14-33-5)26(28-25)16(3)4;1-19(2)12-13-20(17-6-4-5-11-18-17)14-15-7-9-16(21-3)10-8-15;18-11-13-1-6-14(7-2-13)17(21)22-15-8-3-12(4-9-15)5-10-16(19)20/h6-11,15-16,19-20,29-30H,12-14H2,1-5H3,(H,31,32);4-11H,12-14H2,1-3H3;3-4,8-9,13-14H,1-2,5-7,10-11,18H2,(H,19,20)/b11-10+;;/t19-,20-;;13-,14-/m1../s1. The van der Waals surface area contributed by atoms with Crippen LogP contribution in [0.1, 0.15) is 118 Å². The van der Waals surface area contributed by atoms with Crippen LogP contribution in [0.25, 0.3) is 17.2 Å². The number of likely N-dealkylation sites (N-methyl/N-ethyl adjacent to an activating group) is 1. The molecule has 15 nitrogen and oxygen atoms in total. The van der Waals surface area contributed by atoms with Crippen LogP contribution in [0.2, 0.25) is 0 Å². The van der Waals surface area contributed by atoms with Gasteiger partial charge >= 0.3 is 17.9 Å². The van der Waals surface area contributed by atoms with Gasteiger partial charge in [0.25, 0.3) is 0 Å². The monoisotopic (exact) mass is 1050 g/mol. The van der Waals surface area contributed by atoms with Crippen LogP contribution >= 0.6 is 0 Å². The van der Waals surface area contributed by atoms with Gasteiger partial charge in [-0.25, -0.2) is 9.37 Å². The summed E-state index contributed by atoms with van der Waals surface area (Å²) in [6.45, 7) is 12.0. The van der Waals surface area contributed by atoms with E-state index in [0.717, 1.165) is 96.1 Å². The molecular weight excluding hydrogens is 970 g/mol. The van der Waals surface area contributed by atoms with Crippen LogP contribution in [0.15, 0.2) is 103 Å². The van der Waals surface area contributed by atoms with Gasteiger partial charge in [0, 0.05) is 62.6 Å². The molecule has 0 unspecified atom stereocenters. The Bertz CT molecular complexity index is 2550. The molecule has 2 atom stereocenters. The zero-order valence-corrected chi connectivity index (χ0v) is 45.5. The van der Waals surface area contributed by atoms with Crippen molar-refractivity contribution in [1.29, 1.82) is 0 Å². The Morgan fingerprint density at radius 3 is 1.97 bits per heavy atom. The minimum Gasteiger partial charge on any atom is -0.497 e. The van der Waals surface area contributed by atoms with Gasteiger partial charge in [0.15, 0.2) is 0 Å². The minimum atomic E-state index is -1.16. The summed E-state index contributed by atoms with van der Waals surface area (Å²) in [6.07, 6.45) is 6.63. The number of hydrogen-bond acceptors (Lipinski definition) is 13. The van der Waals surface area contributed by atoms with Gasteiger partial charge in [-0.3, -0.25) is 19.4 Å². The molecular formula is C60H80FN5O10. The highest BCUT2D eigenvalue weighted by molar-refractivity contribution is 5.80. The zero-order chi connectivity index (χ0) is 55.7. The van der Waals surface area contributed by atoms with E-state index in [-0.39, 0.29) is 42.4 Å². The zero-order valence-electron chi connectivity index (χ0n) is 45.5. The van der Waals surface area contributed by atoms with Gasteiger partial charge in [0.1, 0.15) is 23.1 Å². The summed E-state index contributed by atoms with van der Waals surface area (Å²) < 4.78 is 29.8. The number of aliphatic carboxylic acids is 2. The maximum Gasteiger partial charge on any atom is 0.314 e. The second kappa shape index (κ2) is 32.1. The Morgan fingerprint density at radius 1 is 0.803 bits per heavy atom. The van der Waals surface area contributed by atoms with Gasteiger partial charge < -0.3 is 50.2 Å². The molecule has 1 fully saturated rings. The van der Waals surface area contributed by atoms with Crippen LogP contribution in [0.4, 0.5) is 10.2 Å². The number of carbonyl (C=O) groups is 3. The summed E-state index contributed by atoms with van der Waals surface area (Å²) in [5, 5.41) is 37.7. The van der Waals surface area contributed by atoms with E-state index >= 15 is 0 Å². The number of aryl methyl sites for hydroxylation is 1. The summed E-state index contributed by atoms with van der Waals surface area (Å²) in [5.74, 6) is 0.654. The number of benzene rings is 3. The first-order chi connectivity index (χ1) is 36.3. The molecule has 0 radical (unpaired) electrons. The van der Waals surface area contributed by atoms with Crippen LogP contribution in [0.5, 0.6) is 11.5 Å². The largest absolute Gasteiger partial charge is 0.497 e. The van der Waals surface area contributed by atoms with E-state index in [1.165, 1.54) is 23.8 Å². The van der Waals surface area contributed by atoms with Crippen molar-refractivity contribution in [1.82, 2.24) is 14.9 Å². The number of halogens is 1. The molecule has 76 heavy (non-hydrogen) atoms. The van der Waals surface area contributed by atoms with E-state index in [9.17, 15) is 29.0 Å². The highest BCUT2D eigenvalue weighted by atomic mass is 19.1. The third-order valence-electron chi connectivity index (χ3n) is 12.9. The fourth-order valence-corrected chi connectivity index (χ4v) is 8.75. The van der Waals surface area contributed by atoms with Crippen molar-refractivity contribution in [3.8, 4) is 22.6 Å². The van der Waals surface area contributed by atoms with E-state index in [4.69, 9.17) is 35.1 Å². The fourth-order valence-electron chi connectivity index (χ4n) is 8.75. The fraction of sp³-hybridized carbons (Fsp3) is 0.450. The Kier molecular flexibility index (Phi) is 26.2. The second-order valence-corrected chi connectivity index (χ2v) is 20.0. The number of carboxylic acids is 2. The summed E-state index contributed by atoms with van der Waals surface area (Å²) in [6, 6.07) is 27.5. The number of esters is 1. The topological polar surface area (TPSA) is 218 Å². The number of aromatic nitrogens is 2. The van der Waals surface area contributed by atoms with Gasteiger partial charge in [-0.2, -0.15) is 0 Å². The quantitative estimate of drug-likeness (QED) is 0.0287. The molecule has 5 aromatic rings. The molecule has 2 heterocycles. The van der Waals surface area contributed by atoms with Gasteiger partial charge in [0.05, 0.1) is 44.0 Å². The highest BCUT2D eigenvalue weighted by Gasteiger charge is 2.27. The van der Waals surface area contributed by atoms with Crippen LogP contribution in [0.3, 0.4) is 0 Å². The van der Waals surface area contributed by atoms with Crippen molar-refractivity contribution in [2.75, 3.05) is 52.8 Å². The molecule has 2 aromatic heterocycles.